The fraction of sp³-hybridized carbons (Fsp3) is 0.667. The standard InChI is InChI=1S/C12H15N3O4/c1-15-4-2-12(3-5-15)6-8(16)13-10(18)7(12)11(19)14-9(6)17/h6-7H,2-5H2,1H3,(H,13,16,18)(H,14,17,19). The molecule has 2 bridgehead atoms. The molecule has 3 aliphatic heterocycles. The number of imide groups is 2. The van der Waals surface area contributed by atoms with Gasteiger partial charge in [0, 0.05) is 5.41 Å². The molecule has 3 rings (SSSR count). The molecule has 7 heteroatoms. The van der Waals surface area contributed by atoms with E-state index in [0.717, 1.165) is 0 Å². The van der Waals surface area contributed by atoms with Gasteiger partial charge in [-0.1, -0.05) is 0 Å². The van der Waals surface area contributed by atoms with E-state index in [2.05, 4.69) is 15.5 Å². The number of nitrogens with one attached hydrogen (secondary N) is 2. The zero-order chi connectivity index (χ0) is 13.8. The van der Waals surface area contributed by atoms with Crippen molar-refractivity contribution in [1.29, 1.82) is 0 Å². The first-order valence-electron chi connectivity index (χ1n) is 6.34. The molecule has 0 aromatic carbocycles. The highest BCUT2D eigenvalue weighted by Gasteiger charge is 2.64. The molecule has 0 saturated carbocycles. The lowest BCUT2D eigenvalue weighted by molar-refractivity contribution is -0.170. The Kier molecular flexibility index (Phi) is 2.50. The summed E-state index contributed by atoms with van der Waals surface area (Å²) < 4.78 is 0. The van der Waals surface area contributed by atoms with E-state index in [1.165, 1.54) is 0 Å². The van der Waals surface area contributed by atoms with Gasteiger partial charge in [0.15, 0.2) is 0 Å². The summed E-state index contributed by atoms with van der Waals surface area (Å²) in [4.78, 5) is 49.9. The summed E-state index contributed by atoms with van der Waals surface area (Å²) in [6.45, 7) is 1.35. The monoisotopic (exact) mass is 265 g/mol. The van der Waals surface area contributed by atoms with Crippen LogP contribution in [0.3, 0.4) is 0 Å². The summed E-state index contributed by atoms with van der Waals surface area (Å²) in [5, 5.41) is 4.30. The lowest BCUT2D eigenvalue weighted by Gasteiger charge is -2.52. The number of piperidine rings is 3. The molecule has 19 heavy (non-hydrogen) atoms. The summed E-state index contributed by atoms with van der Waals surface area (Å²) in [6, 6.07) is 0. The number of hydrogen-bond donors (Lipinski definition) is 2. The van der Waals surface area contributed by atoms with Crippen molar-refractivity contribution in [2.45, 2.75) is 12.8 Å². The largest absolute Gasteiger partial charge is 0.306 e. The van der Waals surface area contributed by atoms with Crippen molar-refractivity contribution >= 4 is 23.6 Å². The van der Waals surface area contributed by atoms with Crippen LogP contribution in [-0.4, -0.2) is 48.7 Å². The van der Waals surface area contributed by atoms with Gasteiger partial charge in [0.2, 0.25) is 23.6 Å². The van der Waals surface area contributed by atoms with Crippen LogP contribution in [-0.2, 0) is 19.2 Å². The van der Waals surface area contributed by atoms with Crippen molar-refractivity contribution in [3.8, 4) is 0 Å². The maximum atomic E-state index is 12.0. The van der Waals surface area contributed by atoms with E-state index in [9.17, 15) is 19.2 Å². The van der Waals surface area contributed by atoms with Gasteiger partial charge in [0.1, 0.15) is 11.8 Å². The van der Waals surface area contributed by atoms with Crippen LogP contribution in [0.1, 0.15) is 12.8 Å². The van der Waals surface area contributed by atoms with Crippen molar-refractivity contribution in [3.05, 3.63) is 0 Å². The highest BCUT2D eigenvalue weighted by Crippen LogP contribution is 2.49. The topological polar surface area (TPSA) is 95.6 Å². The second-order valence-electron chi connectivity index (χ2n) is 5.61. The Morgan fingerprint density at radius 2 is 1.26 bits per heavy atom. The molecule has 3 heterocycles. The molecule has 1 spiro atoms. The summed E-state index contributed by atoms with van der Waals surface area (Å²) in [7, 11) is 1.94. The van der Waals surface area contributed by atoms with Crippen LogP contribution in [0.2, 0.25) is 0 Å². The summed E-state index contributed by atoms with van der Waals surface area (Å²) in [6.07, 6.45) is 1.02. The van der Waals surface area contributed by atoms with Crippen molar-refractivity contribution in [3.63, 3.8) is 0 Å². The summed E-state index contributed by atoms with van der Waals surface area (Å²) >= 11 is 0. The van der Waals surface area contributed by atoms with Crippen molar-refractivity contribution < 1.29 is 19.2 Å². The van der Waals surface area contributed by atoms with E-state index in [0.29, 0.717) is 25.9 Å². The predicted octanol–water partition coefficient (Wildman–Crippen LogP) is -1.76. The number of nitrogens with zero attached hydrogens (tertiary/aromatic N) is 1. The molecule has 4 amide bonds. The van der Waals surface area contributed by atoms with Gasteiger partial charge in [-0.2, -0.15) is 0 Å². The van der Waals surface area contributed by atoms with Crippen LogP contribution in [0.25, 0.3) is 0 Å². The SMILES string of the molecule is CN1CCC2(CC1)C1C(=O)NC(=O)C2C(=O)NC1=O. The zero-order valence-electron chi connectivity index (χ0n) is 10.6. The Balaban J connectivity index is 2.08. The first kappa shape index (κ1) is 12.3. The number of carbonyl (C=O) groups is 4. The summed E-state index contributed by atoms with van der Waals surface area (Å²) in [5.41, 5.74) is -0.828. The first-order chi connectivity index (χ1) is 8.95. The Morgan fingerprint density at radius 3 is 1.63 bits per heavy atom. The van der Waals surface area contributed by atoms with Gasteiger partial charge in [0.25, 0.3) is 0 Å². The number of amides is 4. The Labute approximate surface area is 109 Å². The smallest absolute Gasteiger partial charge is 0.239 e. The number of carbonyl (C=O) groups excluding carboxylic acids is 4. The fourth-order valence-corrected chi connectivity index (χ4v) is 3.59. The third-order valence-electron chi connectivity index (χ3n) is 4.61. The maximum absolute atomic E-state index is 12.0. The van der Waals surface area contributed by atoms with Crippen LogP contribution >= 0.6 is 0 Å². The average molecular weight is 265 g/mol. The Morgan fingerprint density at radius 1 is 0.895 bits per heavy atom. The lowest BCUT2D eigenvalue weighted by atomic mass is 9.56. The van der Waals surface area contributed by atoms with Gasteiger partial charge in [-0.3, -0.25) is 29.8 Å². The van der Waals surface area contributed by atoms with E-state index in [-0.39, 0.29) is 0 Å². The molecule has 3 aliphatic rings. The molecular formula is C12H15N3O4. The molecule has 0 aromatic heterocycles. The van der Waals surface area contributed by atoms with Crippen molar-refractivity contribution in [2.24, 2.45) is 17.3 Å². The molecule has 2 N–H and O–H groups in total. The fourth-order valence-electron chi connectivity index (χ4n) is 3.59. The second-order valence-corrected chi connectivity index (χ2v) is 5.61. The molecule has 0 aliphatic carbocycles. The van der Waals surface area contributed by atoms with Crippen LogP contribution in [0, 0.1) is 17.3 Å². The number of hydrogen-bond acceptors (Lipinski definition) is 5. The van der Waals surface area contributed by atoms with Gasteiger partial charge >= 0.3 is 0 Å². The van der Waals surface area contributed by atoms with Crippen molar-refractivity contribution in [1.82, 2.24) is 15.5 Å². The average Bonchev–Trinajstić information content (AvgIpc) is 2.31. The van der Waals surface area contributed by atoms with E-state index in [1.54, 1.807) is 0 Å². The molecule has 3 saturated heterocycles. The van der Waals surface area contributed by atoms with Crippen LogP contribution in [0.15, 0.2) is 0 Å². The van der Waals surface area contributed by atoms with Gasteiger partial charge < -0.3 is 4.90 Å². The van der Waals surface area contributed by atoms with Crippen LogP contribution in [0.4, 0.5) is 0 Å². The third-order valence-corrected chi connectivity index (χ3v) is 4.61. The molecule has 3 fully saturated rings. The minimum absolute atomic E-state index is 0.511. The zero-order valence-corrected chi connectivity index (χ0v) is 10.6. The van der Waals surface area contributed by atoms with E-state index < -0.39 is 40.9 Å². The van der Waals surface area contributed by atoms with Gasteiger partial charge in [0.05, 0.1) is 0 Å². The Bertz CT molecular complexity index is 429. The van der Waals surface area contributed by atoms with Crippen molar-refractivity contribution in [2.75, 3.05) is 20.1 Å². The molecule has 0 atom stereocenters. The van der Waals surface area contributed by atoms with Gasteiger partial charge in [-0.05, 0) is 33.0 Å². The number of rotatable bonds is 0. The Hall–Kier alpha value is -1.76. The van der Waals surface area contributed by atoms with E-state index in [4.69, 9.17) is 0 Å². The van der Waals surface area contributed by atoms with Gasteiger partial charge in [-0.15, -0.1) is 0 Å². The highest BCUT2D eigenvalue weighted by molar-refractivity contribution is 6.22. The van der Waals surface area contributed by atoms with Gasteiger partial charge in [-0.25, -0.2) is 0 Å². The minimum atomic E-state index is -0.929. The minimum Gasteiger partial charge on any atom is -0.306 e. The van der Waals surface area contributed by atoms with Crippen LogP contribution in [0.5, 0.6) is 0 Å². The molecule has 0 unspecified atom stereocenters. The molecule has 102 valence electrons. The molecule has 0 radical (unpaired) electrons. The van der Waals surface area contributed by atoms with E-state index >= 15 is 0 Å². The number of likely N-dealkylation sites (tertiary alicyclic amines) is 1. The maximum Gasteiger partial charge on any atom is 0.239 e. The third kappa shape index (κ3) is 1.54. The van der Waals surface area contributed by atoms with Crippen LogP contribution < -0.4 is 10.6 Å². The first-order valence-corrected chi connectivity index (χ1v) is 6.34. The second kappa shape index (κ2) is 3.86. The lowest BCUT2D eigenvalue weighted by Crippen LogP contribution is -2.71. The predicted molar refractivity (Wildman–Crippen MR) is 62.4 cm³/mol. The van der Waals surface area contributed by atoms with E-state index in [1.807, 2.05) is 7.05 Å². The quantitative estimate of drug-likeness (QED) is 0.400. The molecule has 0 aromatic rings. The molecular weight excluding hydrogens is 250 g/mol. The normalized spacial score (nSPS) is 34.2. The highest BCUT2D eigenvalue weighted by atomic mass is 16.2. The summed E-state index contributed by atoms with van der Waals surface area (Å²) in [5.74, 6) is -4.15. The molecule has 7 nitrogen and oxygen atoms in total.